The zero-order chi connectivity index (χ0) is 13.3. The zero-order valence-corrected chi connectivity index (χ0v) is 12.0. The first-order valence-corrected chi connectivity index (χ1v) is 6.72. The van der Waals surface area contributed by atoms with E-state index < -0.39 is 0 Å². The van der Waals surface area contributed by atoms with E-state index in [4.69, 9.17) is 5.84 Å². The second-order valence-electron chi connectivity index (χ2n) is 4.51. The van der Waals surface area contributed by atoms with Gasteiger partial charge in [0.2, 0.25) is 0 Å². The van der Waals surface area contributed by atoms with Crippen LogP contribution in [0.3, 0.4) is 0 Å². The fourth-order valence-corrected chi connectivity index (χ4v) is 2.99. The standard InChI is InChI=1S/C12H19N5S/c1-7-5-11(17(4)16-7)10(15-13)6-12-14-8(2)9(3)18-12/h5,10,15H,6,13H2,1-4H3. The lowest BCUT2D eigenvalue weighted by molar-refractivity contribution is 0.507. The smallest absolute Gasteiger partial charge is 0.0950 e. The Kier molecular flexibility index (Phi) is 3.79. The van der Waals surface area contributed by atoms with E-state index in [0.29, 0.717) is 0 Å². The van der Waals surface area contributed by atoms with Crippen molar-refractivity contribution in [3.05, 3.63) is 33.0 Å². The van der Waals surface area contributed by atoms with E-state index in [2.05, 4.69) is 28.5 Å². The van der Waals surface area contributed by atoms with Crippen molar-refractivity contribution in [3.63, 3.8) is 0 Å². The van der Waals surface area contributed by atoms with Crippen molar-refractivity contribution < 1.29 is 0 Å². The monoisotopic (exact) mass is 265 g/mol. The summed E-state index contributed by atoms with van der Waals surface area (Å²) in [5.74, 6) is 5.66. The third-order valence-corrected chi connectivity index (χ3v) is 4.14. The Morgan fingerprint density at radius 3 is 2.61 bits per heavy atom. The molecule has 2 rings (SSSR count). The fraction of sp³-hybridized carbons (Fsp3) is 0.500. The van der Waals surface area contributed by atoms with Crippen LogP contribution < -0.4 is 11.3 Å². The summed E-state index contributed by atoms with van der Waals surface area (Å²) in [5.41, 5.74) is 6.04. The zero-order valence-electron chi connectivity index (χ0n) is 11.2. The number of hydrogen-bond acceptors (Lipinski definition) is 5. The van der Waals surface area contributed by atoms with Gasteiger partial charge in [0.15, 0.2) is 0 Å². The van der Waals surface area contributed by atoms with Gasteiger partial charge in [-0.2, -0.15) is 5.10 Å². The number of thiazole rings is 1. The highest BCUT2D eigenvalue weighted by atomic mass is 32.1. The summed E-state index contributed by atoms with van der Waals surface area (Å²) in [4.78, 5) is 5.82. The van der Waals surface area contributed by atoms with Crippen LogP contribution in [0, 0.1) is 20.8 Å². The average molecular weight is 265 g/mol. The minimum atomic E-state index is 0.0427. The molecule has 2 heterocycles. The summed E-state index contributed by atoms with van der Waals surface area (Å²) in [5, 5.41) is 5.45. The van der Waals surface area contributed by atoms with Crippen molar-refractivity contribution in [3.8, 4) is 0 Å². The molecule has 98 valence electrons. The van der Waals surface area contributed by atoms with E-state index in [9.17, 15) is 0 Å². The quantitative estimate of drug-likeness (QED) is 0.650. The van der Waals surface area contributed by atoms with Gasteiger partial charge in [-0.15, -0.1) is 11.3 Å². The first-order valence-electron chi connectivity index (χ1n) is 5.91. The van der Waals surface area contributed by atoms with Gasteiger partial charge >= 0.3 is 0 Å². The fourth-order valence-electron chi connectivity index (χ4n) is 2.01. The van der Waals surface area contributed by atoms with E-state index in [1.54, 1.807) is 11.3 Å². The van der Waals surface area contributed by atoms with Gasteiger partial charge in [0.05, 0.1) is 28.1 Å². The second kappa shape index (κ2) is 5.17. The first kappa shape index (κ1) is 13.2. The molecule has 5 nitrogen and oxygen atoms in total. The molecule has 1 atom stereocenters. The maximum absolute atomic E-state index is 5.66. The second-order valence-corrected chi connectivity index (χ2v) is 5.79. The van der Waals surface area contributed by atoms with E-state index >= 15 is 0 Å². The molecule has 0 bridgehead atoms. The van der Waals surface area contributed by atoms with Crippen molar-refractivity contribution in [2.45, 2.75) is 33.2 Å². The van der Waals surface area contributed by atoms with Crippen LogP contribution in [0.15, 0.2) is 6.07 Å². The Morgan fingerprint density at radius 2 is 2.17 bits per heavy atom. The Bertz CT molecular complexity index is 523. The SMILES string of the molecule is Cc1cc(C(Cc2nc(C)c(C)s2)NN)n(C)n1. The predicted molar refractivity (Wildman–Crippen MR) is 73.3 cm³/mol. The van der Waals surface area contributed by atoms with Gasteiger partial charge in [-0.3, -0.25) is 16.0 Å². The van der Waals surface area contributed by atoms with Gasteiger partial charge in [0.25, 0.3) is 0 Å². The third kappa shape index (κ3) is 2.60. The van der Waals surface area contributed by atoms with Crippen LogP contribution in [0.2, 0.25) is 0 Å². The molecule has 0 aliphatic heterocycles. The summed E-state index contributed by atoms with van der Waals surface area (Å²) in [6.45, 7) is 6.11. The molecule has 1 unspecified atom stereocenters. The summed E-state index contributed by atoms with van der Waals surface area (Å²) < 4.78 is 1.87. The van der Waals surface area contributed by atoms with E-state index in [1.807, 2.05) is 25.6 Å². The molecule has 2 aromatic heterocycles. The Morgan fingerprint density at radius 1 is 1.44 bits per heavy atom. The van der Waals surface area contributed by atoms with Gasteiger partial charge in [-0.25, -0.2) is 4.98 Å². The van der Waals surface area contributed by atoms with Crippen molar-refractivity contribution in [1.82, 2.24) is 20.2 Å². The Balaban J connectivity index is 2.22. The molecule has 3 N–H and O–H groups in total. The summed E-state index contributed by atoms with van der Waals surface area (Å²) in [6.07, 6.45) is 0.787. The van der Waals surface area contributed by atoms with Crippen molar-refractivity contribution in [2.24, 2.45) is 12.9 Å². The molecule has 0 amide bonds. The number of nitrogens with zero attached hydrogens (tertiary/aromatic N) is 3. The van der Waals surface area contributed by atoms with E-state index in [-0.39, 0.29) is 6.04 Å². The van der Waals surface area contributed by atoms with Crippen LogP contribution in [-0.4, -0.2) is 14.8 Å². The van der Waals surface area contributed by atoms with E-state index in [0.717, 1.165) is 28.5 Å². The molecular weight excluding hydrogens is 246 g/mol. The highest BCUT2D eigenvalue weighted by Crippen LogP contribution is 2.23. The molecule has 0 saturated carbocycles. The number of nitrogens with two attached hydrogens (primary N) is 1. The third-order valence-electron chi connectivity index (χ3n) is 3.05. The van der Waals surface area contributed by atoms with Gasteiger partial charge in [-0.05, 0) is 26.8 Å². The maximum Gasteiger partial charge on any atom is 0.0950 e. The number of aromatic nitrogens is 3. The lowest BCUT2D eigenvalue weighted by atomic mass is 10.1. The van der Waals surface area contributed by atoms with Crippen LogP contribution in [0.4, 0.5) is 0 Å². The summed E-state index contributed by atoms with van der Waals surface area (Å²) >= 11 is 1.73. The molecule has 0 aromatic carbocycles. The number of hydrazine groups is 1. The van der Waals surface area contributed by atoms with Crippen LogP contribution >= 0.6 is 11.3 Å². The minimum absolute atomic E-state index is 0.0427. The molecule has 6 heteroatoms. The molecular formula is C12H19N5S. The number of hydrogen-bond donors (Lipinski definition) is 2. The predicted octanol–water partition coefficient (Wildman–Crippen LogP) is 1.55. The highest BCUT2D eigenvalue weighted by Gasteiger charge is 2.17. The lowest BCUT2D eigenvalue weighted by Gasteiger charge is -2.14. The highest BCUT2D eigenvalue weighted by molar-refractivity contribution is 7.11. The van der Waals surface area contributed by atoms with Gasteiger partial charge < -0.3 is 0 Å². The van der Waals surface area contributed by atoms with Gasteiger partial charge in [0, 0.05) is 18.3 Å². The average Bonchev–Trinajstić information content (AvgIpc) is 2.79. The van der Waals surface area contributed by atoms with Crippen LogP contribution in [0.1, 0.15) is 33.0 Å². The van der Waals surface area contributed by atoms with Gasteiger partial charge in [-0.1, -0.05) is 0 Å². The maximum atomic E-state index is 5.66. The largest absolute Gasteiger partial charge is 0.271 e. The Labute approximate surface area is 111 Å². The molecule has 0 aliphatic rings. The lowest BCUT2D eigenvalue weighted by Crippen LogP contribution is -2.31. The van der Waals surface area contributed by atoms with Gasteiger partial charge in [0.1, 0.15) is 0 Å². The Hall–Kier alpha value is -1.24. The minimum Gasteiger partial charge on any atom is -0.271 e. The topological polar surface area (TPSA) is 68.8 Å². The first-order chi connectivity index (χ1) is 8.51. The number of nitrogens with one attached hydrogen (secondary N) is 1. The van der Waals surface area contributed by atoms with Crippen molar-refractivity contribution in [2.75, 3.05) is 0 Å². The molecule has 0 aliphatic carbocycles. The molecule has 0 radical (unpaired) electrons. The van der Waals surface area contributed by atoms with Crippen LogP contribution in [0.5, 0.6) is 0 Å². The molecule has 18 heavy (non-hydrogen) atoms. The molecule has 0 spiro atoms. The number of aryl methyl sites for hydroxylation is 4. The van der Waals surface area contributed by atoms with E-state index in [1.165, 1.54) is 4.88 Å². The number of rotatable bonds is 4. The summed E-state index contributed by atoms with van der Waals surface area (Å²) in [6, 6.07) is 2.10. The normalized spacial score (nSPS) is 12.9. The van der Waals surface area contributed by atoms with Crippen molar-refractivity contribution in [1.29, 1.82) is 0 Å². The molecule has 0 fully saturated rings. The van der Waals surface area contributed by atoms with Crippen molar-refractivity contribution >= 4 is 11.3 Å². The summed E-state index contributed by atoms with van der Waals surface area (Å²) in [7, 11) is 1.94. The molecule has 2 aromatic rings. The van der Waals surface area contributed by atoms with Crippen LogP contribution in [0.25, 0.3) is 0 Å². The van der Waals surface area contributed by atoms with Crippen LogP contribution in [-0.2, 0) is 13.5 Å². The molecule has 0 saturated heterocycles.